The second kappa shape index (κ2) is 7.03. The summed E-state index contributed by atoms with van der Waals surface area (Å²) in [6.45, 7) is 3.03. The van der Waals surface area contributed by atoms with Crippen LogP contribution in [0.5, 0.6) is 0 Å². The number of rotatable bonds is 3. The molecule has 1 aliphatic rings. The molecular weight excluding hydrogens is 254 g/mol. The van der Waals surface area contributed by atoms with Crippen molar-refractivity contribution < 1.29 is 9.59 Å². The SMILES string of the molecule is CCC1CCCCN1C(=O)C(=O)NCc1ccccn1. The van der Waals surface area contributed by atoms with E-state index in [4.69, 9.17) is 0 Å². The molecule has 2 rings (SSSR count). The summed E-state index contributed by atoms with van der Waals surface area (Å²) in [5.74, 6) is -0.941. The van der Waals surface area contributed by atoms with E-state index >= 15 is 0 Å². The van der Waals surface area contributed by atoms with E-state index in [1.54, 1.807) is 11.1 Å². The number of amides is 2. The number of nitrogens with one attached hydrogen (secondary N) is 1. The predicted molar refractivity (Wildman–Crippen MR) is 75.7 cm³/mol. The van der Waals surface area contributed by atoms with Crippen LogP contribution in [0.25, 0.3) is 0 Å². The normalized spacial score (nSPS) is 18.6. The van der Waals surface area contributed by atoms with Gasteiger partial charge in [-0.2, -0.15) is 0 Å². The van der Waals surface area contributed by atoms with Crippen LogP contribution in [0, 0.1) is 0 Å². The zero-order chi connectivity index (χ0) is 14.4. The van der Waals surface area contributed by atoms with Crippen LogP contribution in [0.1, 0.15) is 38.3 Å². The van der Waals surface area contributed by atoms with Crippen molar-refractivity contribution in [2.75, 3.05) is 6.54 Å². The molecule has 0 aromatic carbocycles. The molecule has 1 aromatic rings. The molecule has 1 N–H and O–H groups in total. The van der Waals surface area contributed by atoms with Crippen molar-refractivity contribution in [1.82, 2.24) is 15.2 Å². The van der Waals surface area contributed by atoms with Gasteiger partial charge in [0.25, 0.3) is 0 Å². The van der Waals surface area contributed by atoms with Crippen molar-refractivity contribution in [2.45, 2.75) is 45.2 Å². The highest BCUT2D eigenvalue weighted by Gasteiger charge is 2.29. The average Bonchev–Trinajstić information content (AvgIpc) is 2.52. The lowest BCUT2D eigenvalue weighted by molar-refractivity contribution is -0.148. The van der Waals surface area contributed by atoms with Crippen LogP contribution >= 0.6 is 0 Å². The highest BCUT2D eigenvalue weighted by atomic mass is 16.2. The van der Waals surface area contributed by atoms with Gasteiger partial charge in [0.2, 0.25) is 0 Å². The lowest BCUT2D eigenvalue weighted by Gasteiger charge is -2.34. The van der Waals surface area contributed by atoms with Crippen LogP contribution in [-0.2, 0) is 16.1 Å². The van der Waals surface area contributed by atoms with Gasteiger partial charge in [-0.15, -0.1) is 0 Å². The summed E-state index contributed by atoms with van der Waals surface area (Å²) >= 11 is 0. The molecule has 1 fully saturated rings. The van der Waals surface area contributed by atoms with E-state index in [-0.39, 0.29) is 12.6 Å². The molecule has 1 atom stereocenters. The standard InChI is InChI=1S/C15H21N3O2/c1-2-13-8-4-6-10-18(13)15(20)14(19)17-11-12-7-3-5-9-16-12/h3,5,7,9,13H,2,4,6,8,10-11H2,1H3,(H,17,19). The van der Waals surface area contributed by atoms with Gasteiger partial charge in [-0.1, -0.05) is 13.0 Å². The van der Waals surface area contributed by atoms with Crippen LogP contribution in [0.3, 0.4) is 0 Å². The minimum atomic E-state index is -0.531. The van der Waals surface area contributed by atoms with Crippen LogP contribution < -0.4 is 5.32 Å². The van der Waals surface area contributed by atoms with Crippen LogP contribution in [0.2, 0.25) is 0 Å². The summed E-state index contributed by atoms with van der Waals surface area (Å²) in [4.78, 5) is 30.0. The number of aromatic nitrogens is 1. The topological polar surface area (TPSA) is 62.3 Å². The molecule has 108 valence electrons. The molecule has 0 saturated carbocycles. The number of carbonyl (C=O) groups is 2. The monoisotopic (exact) mass is 275 g/mol. The van der Waals surface area contributed by atoms with Gasteiger partial charge in [-0.25, -0.2) is 0 Å². The largest absolute Gasteiger partial charge is 0.342 e. The van der Waals surface area contributed by atoms with Crippen LogP contribution in [0.4, 0.5) is 0 Å². The second-order valence-corrected chi connectivity index (χ2v) is 5.06. The van der Waals surface area contributed by atoms with E-state index in [0.29, 0.717) is 6.54 Å². The molecule has 0 aliphatic carbocycles. The van der Waals surface area contributed by atoms with Gasteiger partial charge in [-0.05, 0) is 37.8 Å². The molecule has 0 bridgehead atoms. The molecular formula is C15H21N3O2. The molecule has 1 aliphatic heterocycles. The third-order valence-corrected chi connectivity index (χ3v) is 3.71. The van der Waals surface area contributed by atoms with E-state index in [9.17, 15) is 9.59 Å². The Labute approximate surface area is 119 Å². The first-order valence-electron chi connectivity index (χ1n) is 7.21. The number of piperidine rings is 1. The third-order valence-electron chi connectivity index (χ3n) is 3.71. The smallest absolute Gasteiger partial charge is 0.312 e. The van der Waals surface area contributed by atoms with Gasteiger partial charge in [0, 0.05) is 18.8 Å². The number of pyridine rings is 1. The molecule has 0 radical (unpaired) electrons. The first-order chi connectivity index (χ1) is 9.72. The maximum Gasteiger partial charge on any atom is 0.312 e. The zero-order valence-electron chi connectivity index (χ0n) is 11.8. The van der Waals surface area contributed by atoms with Crippen molar-refractivity contribution in [3.05, 3.63) is 30.1 Å². The van der Waals surface area contributed by atoms with Gasteiger partial charge in [0.1, 0.15) is 0 Å². The molecule has 1 aromatic heterocycles. The summed E-state index contributed by atoms with van der Waals surface area (Å²) in [6, 6.07) is 5.70. The van der Waals surface area contributed by atoms with E-state index in [2.05, 4.69) is 17.2 Å². The van der Waals surface area contributed by atoms with E-state index in [1.807, 2.05) is 18.2 Å². The Morgan fingerprint density at radius 2 is 2.25 bits per heavy atom. The summed E-state index contributed by atoms with van der Waals surface area (Å²) in [5, 5.41) is 2.65. The summed E-state index contributed by atoms with van der Waals surface area (Å²) in [7, 11) is 0. The Morgan fingerprint density at radius 1 is 1.40 bits per heavy atom. The fraction of sp³-hybridized carbons (Fsp3) is 0.533. The highest BCUT2D eigenvalue weighted by molar-refractivity contribution is 6.35. The lowest BCUT2D eigenvalue weighted by atomic mass is 10.00. The molecule has 0 spiro atoms. The molecule has 1 unspecified atom stereocenters. The Morgan fingerprint density at radius 3 is 2.95 bits per heavy atom. The number of carbonyl (C=O) groups excluding carboxylic acids is 2. The fourth-order valence-electron chi connectivity index (χ4n) is 2.57. The third kappa shape index (κ3) is 3.56. The van der Waals surface area contributed by atoms with Crippen LogP contribution in [-0.4, -0.2) is 34.3 Å². The minimum Gasteiger partial charge on any atom is -0.342 e. The fourth-order valence-corrected chi connectivity index (χ4v) is 2.57. The Bertz CT molecular complexity index is 461. The molecule has 20 heavy (non-hydrogen) atoms. The molecule has 2 heterocycles. The number of likely N-dealkylation sites (tertiary alicyclic amines) is 1. The van der Waals surface area contributed by atoms with Crippen LogP contribution in [0.15, 0.2) is 24.4 Å². The summed E-state index contributed by atoms with van der Waals surface area (Å²) < 4.78 is 0. The van der Waals surface area contributed by atoms with Crippen molar-refractivity contribution in [3.8, 4) is 0 Å². The zero-order valence-corrected chi connectivity index (χ0v) is 11.8. The molecule has 2 amide bonds. The predicted octanol–water partition coefficient (Wildman–Crippen LogP) is 1.49. The average molecular weight is 275 g/mol. The van der Waals surface area contributed by atoms with Gasteiger partial charge in [0.15, 0.2) is 0 Å². The number of hydrogen-bond acceptors (Lipinski definition) is 3. The van der Waals surface area contributed by atoms with E-state index < -0.39 is 11.8 Å². The van der Waals surface area contributed by atoms with Gasteiger partial charge in [0.05, 0.1) is 12.2 Å². The molecule has 5 heteroatoms. The van der Waals surface area contributed by atoms with Crippen molar-refractivity contribution >= 4 is 11.8 Å². The first kappa shape index (κ1) is 14.5. The molecule has 1 saturated heterocycles. The van der Waals surface area contributed by atoms with Gasteiger partial charge >= 0.3 is 11.8 Å². The van der Waals surface area contributed by atoms with Gasteiger partial charge in [-0.3, -0.25) is 14.6 Å². The highest BCUT2D eigenvalue weighted by Crippen LogP contribution is 2.19. The lowest BCUT2D eigenvalue weighted by Crippen LogP contribution is -2.49. The van der Waals surface area contributed by atoms with E-state index in [1.165, 1.54) is 0 Å². The Hall–Kier alpha value is -1.91. The Balaban J connectivity index is 1.89. The van der Waals surface area contributed by atoms with Crippen molar-refractivity contribution in [3.63, 3.8) is 0 Å². The number of hydrogen-bond donors (Lipinski definition) is 1. The maximum absolute atomic E-state index is 12.2. The summed E-state index contributed by atoms with van der Waals surface area (Å²) in [5.41, 5.74) is 0.749. The minimum absolute atomic E-state index is 0.205. The van der Waals surface area contributed by atoms with E-state index in [0.717, 1.165) is 31.4 Å². The number of nitrogens with zero attached hydrogens (tertiary/aromatic N) is 2. The molecule has 5 nitrogen and oxygen atoms in total. The van der Waals surface area contributed by atoms with Gasteiger partial charge < -0.3 is 10.2 Å². The quantitative estimate of drug-likeness (QED) is 0.850. The van der Waals surface area contributed by atoms with Crippen molar-refractivity contribution in [2.24, 2.45) is 0 Å². The first-order valence-corrected chi connectivity index (χ1v) is 7.21. The maximum atomic E-state index is 12.2. The second-order valence-electron chi connectivity index (χ2n) is 5.06. The Kier molecular flexibility index (Phi) is 5.09. The summed E-state index contributed by atoms with van der Waals surface area (Å²) in [6.07, 6.45) is 5.68. The van der Waals surface area contributed by atoms with Crippen molar-refractivity contribution in [1.29, 1.82) is 0 Å².